The predicted octanol–water partition coefficient (Wildman–Crippen LogP) is 3.48. The third kappa shape index (κ3) is 3.72. The zero-order chi connectivity index (χ0) is 16.2. The summed E-state index contributed by atoms with van der Waals surface area (Å²) in [7, 11) is 0. The summed E-state index contributed by atoms with van der Waals surface area (Å²) in [5.41, 5.74) is 4.41. The van der Waals surface area contributed by atoms with Crippen molar-refractivity contribution in [3.05, 3.63) is 65.4 Å². The summed E-state index contributed by atoms with van der Waals surface area (Å²) >= 11 is 0. The lowest BCUT2D eigenvalue weighted by Crippen LogP contribution is -2.28. The van der Waals surface area contributed by atoms with E-state index in [1.54, 1.807) is 0 Å². The van der Waals surface area contributed by atoms with Crippen molar-refractivity contribution in [1.82, 2.24) is 10.3 Å². The summed E-state index contributed by atoms with van der Waals surface area (Å²) in [4.78, 5) is 15.2. The maximum absolute atomic E-state index is 11.9. The zero-order valence-corrected chi connectivity index (χ0v) is 13.3. The van der Waals surface area contributed by atoms with Crippen LogP contribution in [0.1, 0.15) is 16.8 Å². The van der Waals surface area contributed by atoms with E-state index in [1.165, 1.54) is 5.56 Å². The number of rotatable bonds is 5. The maximum Gasteiger partial charge on any atom is 0.258 e. The molecule has 3 aromatic rings. The molecular formula is C19H20N2O2. The number of hydrogen-bond donors (Lipinski definition) is 2. The fourth-order valence-electron chi connectivity index (χ4n) is 2.43. The second-order valence-electron chi connectivity index (χ2n) is 5.69. The molecule has 0 aliphatic heterocycles. The normalized spacial score (nSPS) is 10.7. The number of nitrogens with one attached hydrogen (secondary N) is 2. The number of aryl methyl sites for hydroxylation is 2. The van der Waals surface area contributed by atoms with Gasteiger partial charge in [0, 0.05) is 11.2 Å². The molecule has 1 heterocycles. The fourth-order valence-corrected chi connectivity index (χ4v) is 2.43. The van der Waals surface area contributed by atoms with Gasteiger partial charge in [0.25, 0.3) is 5.91 Å². The predicted molar refractivity (Wildman–Crippen MR) is 91.6 cm³/mol. The molecule has 0 radical (unpaired) electrons. The van der Waals surface area contributed by atoms with Crippen LogP contribution in [0.3, 0.4) is 0 Å². The molecular weight excluding hydrogens is 288 g/mol. The molecule has 23 heavy (non-hydrogen) atoms. The van der Waals surface area contributed by atoms with Gasteiger partial charge in [0.15, 0.2) is 6.61 Å². The Morgan fingerprint density at radius 2 is 1.91 bits per heavy atom. The Kier molecular flexibility index (Phi) is 4.33. The number of ether oxygens (including phenoxy) is 1. The first-order valence-electron chi connectivity index (χ1n) is 7.65. The Hall–Kier alpha value is -2.75. The number of hydrogen-bond acceptors (Lipinski definition) is 2. The molecule has 2 aromatic carbocycles. The van der Waals surface area contributed by atoms with Crippen molar-refractivity contribution in [2.75, 3.05) is 6.61 Å². The quantitative estimate of drug-likeness (QED) is 0.758. The van der Waals surface area contributed by atoms with E-state index in [0.29, 0.717) is 12.3 Å². The number of carbonyl (C=O) groups excluding carboxylic acids is 1. The molecule has 0 atom stereocenters. The third-order valence-corrected chi connectivity index (χ3v) is 3.91. The first kappa shape index (κ1) is 15.2. The van der Waals surface area contributed by atoms with E-state index in [2.05, 4.69) is 10.3 Å². The molecule has 0 saturated carbocycles. The first-order chi connectivity index (χ1) is 11.1. The van der Waals surface area contributed by atoms with Gasteiger partial charge in [-0.2, -0.15) is 0 Å². The van der Waals surface area contributed by atoms with Crippen molar-refractivity contribution in [1.29, 1.82) is 0 Å². The minimum Gasteiger partial charge on any atom is -0.484 e. The highest BCUT2D eigenvalue weighted by Crippen LogP contribution is 2.16. The Labute approximate surface area is 135 Å². The van der Waals surface area contributed by atoms with Gasteiger partial charge in [-0.3, -0.25) is 4.79 Å². The Balaban J connectivity index is 1.52. The van der Waals surface area contributed by atoms with Crippen LogP contribution >= 0.6 is 0 Å². The number of fused-ring (bicyclic) bond motifs is 1. The van der Waals surface area contributed by atoms with E-state index in [4.69, 9.17) is 4.74 Å². The number of amides is 1. The molecule has 4 nitrogen and oxygen atoms in total. The van der Waals surface area contributed by atoms with Crippen molar-refractivity contribution in [2.45, 2.75) is 20.4 Å². The minimum atomic E-state index is -0.137. The summed E-state index contributed by atoms with van der Waals surface area (Å²) in [5, 5.41) is 4.00. The highest BCUT2D eigenvalue weighted by molar-refractivity contribution is 5.81. The Bertz CT molecular complexity index is 803. The average Bonchev–Trinajstić information content (AvgIpc) is 2.97. The molecule has 0 aliphatic rings. The van der Waals surface area contributed by atoms with Crippen molar-refractivity contribution < 1.29 is 9.53 Å². The largest absolute Gasteiger partial charge is 0.484 e. The Morgan fingerprint density at radius 1 is 1.09 bits per heavy atom. The molecule has 3 rings (SSSR count). The lowest BCUT2D eigenvalue weighted by atomic mass is 10.1. The SMILES string of the molecule is Cc1ccc(OCC(=O)NCc2cc3ccccc3[nH]2)cc1C. The lowest BCUT2D eigenvalue weighted by Gasteiger charge is -2.08. The zero-order valence-electron chi connectivity index (χ0n) is 13.3. The molecule has 1 aromatic heterocycles. The van der Waals surface area contributed by atoms with Gasteiger partial charge < -0.3 is 15.0 Å². The second kappa shape index (κ2) is 6.57. The van der Waals surface area contributed by atoms with Crippen LogP contribution in [0.2, 0.25) is 0 Å². The molecule has 0 fully saturated rings. The van der Waals surface area contributed by atoms with Gasteiger partial charge in [-0.05, 0) is 54.6 Å². The highest BCUT2D eigenvalue weighted by atomic mass is 16.5. The number of aromatic nitrogens is 1. The van der Waals surface area contributed by atoms with Crippen LogP contribution in [-0.4, -0.2) is 17.5 Å². The van der Waals surface area contributed by atoms with Crippen LogP contribution in [0.15, 0.2) is 48.5 Å². The van der Waals surface area contributed by atoms with Crippen LogP contribution in [0.4, 0.5) is 0 Å². The highest BCUT2D eigenvalue weighted by Gasteiger charge is 2.05. The summed E-state index contributed by atoms with van der Waals surface area (Å²) in [6, 6.07) is 15.9. The van der Waals surface area contributed by atoms with Crippen molar-refractivity contribution in [3.8, 4) is 5.75 Å². The lowest BCUT2D eigenvalue weighted by molar-refractivity contribution is -0.123. The Morgan fingerprint density at radius 3 is 2.70 bits per heavy atom. The van der Waals surface area contributed by atoms with E-state index in [0.717, 1.165) is 22.2 Å². The van der Waals surface area contributed by atoms with E-state index in [9.17, 15) is 4.79 Å². The number of para-hydroxylation sites is 1. The van der Waals surface area contributed by atoms with E-state index in [-0.39, 0.29) is 12.5 Å². The van der Waals surface area contributed by atoms with Crippen LogP contribution in [-0.2, 0) is 11.3 Å². The van der Waals surface area contributed by atoms with Crippen LogP contribution in [0.25, 0.3) is 10.9 Å². The molecule has 0 aliphatic carbocycles. The first-order valence-corrected chi connectivity index (χ1v) is 7.65. The fraction of sp³-hybridized carbons (Fsp3) is 0.211. The van der Waals surface area contributed by atoms with Crippen LogP contribution in [0.5, 0.6) is 5.75 Å². The van der Waals surface area contributed by atoms with E-state index >= 15 is 0 Å². The van der Waals surface area contributed by atoms with Crippen molar-refractivity contribution >= 4 is 16.8 Å². The van der Waals surface area contributed by atoms with Gasteiger partial charge >= 0.3 is 0 Å². The standard InChI is InChI=1S/C19H20N2O2/c1-13-7-8-17(9-14(13)2)23-12-19(22)20-11-16-10-15-5-3-4-6-18(15)21-16/h3-10,21H,11-12H2,1-2H3,(H,20,22). The molecule has 4 heteroatoms. The smallest absolute Gasteiger partial charge is 0.258 e. The van der Waals surface area contributed by atoms with Gasteiger partial charge in [-0.15, -0.1) is 0 Å². The van der Waals surface area contributed by atoms with Crippen molar-refractivity contribution in [3.63, 3.8) is 0 Å². The average molecular weight is 308 g/mol. The second-order valence-corrected chi connectivity index (χ2v) is 5.69. The third-order valence-electron chi connectivity index (χ3n) is 3.91. The molecule has 0 bridgehead atoms. The molecule has 1 amide bonds. The van der Waals surface area contributed by atoms with E-state index < -0.39 is 0 Å². The molecule has 118 valence electrons. The van der Waals surface area contributed by atoms with Gasteiger partial charge in [0.05, 0.1) is 6.54 Å². The number of aromatic amines is 1. The topological polar surface area (TPSA) is 54.1 Å². The number of H-pyrrole nitrogens is 1. The molecule has 0 saturated heterocycles. The molecule has 2 N–H and O–H groups in total. The summed E-state index contributed by atoms with van der Waals surface area (Å²) in [6.45, 7) is 4.55. The summed E-state index contributed by atoms with van der Waals surface area (Å²) in [6.07, 6.45) is 0. The van der Waals surface area contributed by atoms with Crippen LogP contribution < -0.4 is 10.1 Å². The van der Waals surface area contributed by atoms with Gasteiger partial charge in [0.2, 0.25) is 0 Å². The summed E-state index contributed by atoms with van der Waals surface area (Å²) in [5.74, 6) is 0.579. The molecule has 0 spiro atoms. The number of benzene rings is 2. The van der Waals surface area contributed by atoms with Crippen molar-refractivity contribution in [2.24, 2.45) is 0 Å². The van der Waals surface area contributed by atoms with Gasteiger partial charge in [0.1, 0.15) is 5.75 Å². The monoisotopic (exact) mass is 308 g/mol. The molecule has 0 unspecified atom stereocenters. The van der Waals surface area contributed by atoms with Gasteiger partial charge in [-0.1, -0.05) is 24.3 Å². The van der Waals surface area contributed by atoms with Crippen LogP contribution in [0, 0.1) is 13.8 Å². The summed E-state index contributed by atoms with van der Waals surface area (Å²) < 4.78 is 5.53. The minimum absolute atomic E-state index is 0.0166. The maximum atomic E-state index is 11.9. The number of carbonyl (C=O) groups is 1. The van der Waals surface area contributed by atoms with Gasteiger partial charge in [-0.25, -0.2) is 0 Å². The van der Waals surface area contributed by atoms with E-state index in [1.807, 2.05) is 62.4 Å².